The Morgan fingerprint density at radius 1 is 1.19 bits per heavy atom. The van der Waals surface area contributed by atoms with Crippen molar-refractivity contribution >= 4 is 39.6 Å². The number of thioether (sulfide) groups is 1. The van der Waals surface area contributed by atoms with E-state index in [0.29, 0.717) is 23.3 Å². The van der Waals surface area contributed by atoms with Gasteiger partial charge in [-0.1, -0.05) is 63.6 Å². The van der Waals surface area contributed by atoms with Gasteiger partial charge in [0, 0.05) is 15.9 Å². The Labute approximate surface area is 200 Å². The van der Waals surface area contributed by atoms with Crippen molar-refractivity contribution in [2.75, 3.05) is 11.9 Å². The molecule has 166 valence electrons. The van der Waals surface area contributed by atoms with Crippen LogP contribution in [0.1, 0.15) is 42.1 Å². The van der Waals surface area contributed by atoms with Gasteiger partial charge in [-0.3, -0.25) is 0 Å². The smallest absolute Gasteiger partial charge is 0.338 e. The molecule has 1 aliphatic rings. The van der Waals surface area contributed by atoms with Gasteiger partial charge < -0.3 is 10.1 Å². The average molecular weight is 513 g/mol. The number of carbonyl (C=O) groups is 1. The Bertz CT molecular complexity index is 1190. The first-order valence-electron chi connectivity index (χ1n) is 10.4. The lowest BCUT2D eigenvalue weighted by molar-refractivity contribution is -0.139. The Kier molecular flexibility index (Phi) is 6.71. The van der Waals surface area contributed by atoms with Gasteiger partial charge in [0.15, 0.2) is 0 Å². The number of esters is 1. The number of aromatic nitrogens is 3. The Balaban J connectivity index is 1.68. The number of hydrogen-bond acceptors (Lipinski definition) is 6. The fourth-order valence-electron chi connectivity index (χ4n) is 3.77. The molecular weight excluding hydrogens is 488 g/mol. The number of anilines is 1. The van der Waals surface area contributed by atoms with Crippen LogP contribution in [0.15, 0.2) is 63.4 Å². The second kappa shape index (κ2) is 9.50. The second-order valence-electron chi connectivity index (χ2n) is 7.72. The molecule has 32 heavy (non-hydrogen) atoms. The van der Waals surface area contributed by atoms with Gasteiger partial charge >= 0.3 is 5.97 Å². The lowest BCUT2D eigenvalue weighted by Crippen LogP contribution is -2.29. The lowest BCUT2D eigenvalue weighted by atomic mass is 9.96. The summed E-state index contributed by atoms with van der Waals surface area (Å²) in [5, 5.41) is 8.68. The molecule has 1 atom stereocenters. The summed E-state index contributed by atoms with van der Waals surface area (Å²) < 4.78 is 8.12. The molecule has 1 aromatic heterocycles. The number of ether oxygens (including phenoxy) is 1. The van der Waals surface area contributed by atoms with Crippen LogP contribution in [0.25, 0.3) is 0 Å². The van der Waals surface area contributed by atoms with E-state index < -0.39 is 6.04 Å². The van der Waals surface area contributed by atoms with Crippen LogP contribution in [0.4, 0.5) is 5.95 Å². The number of rotatable bonds is 6. The third kappa shape index (κ3) is 4.61. The van der Waals surface area contributed by atoms with Crippen molar-refractivity contribution in [3.63, 3.8) is 0 Å². The number of hydrogen-bond donors (Lipinski definition) is 1. The van der Waals surface area contributed by atoms with E-state index in [1.807, 2.05) is 31.2 Å². The van der Waals surface area contributed by atoms with Gasteiger partial charge in [-0.2, -0.15) is 4.98 Å². The SMILES string of the molecule is CCOC(=O)C1=C(C)Nc2nc(SCc3ccc(C)cc3C)nn2[C@H]1c1ccc(Br)cc1. The maximum atomic E-state index is 12.9. The van der Waals surface area contributed by atoms with E-state index in [1.54, 1.807) is 23.4 Å². The number of allylic oxidation sites excluding steroid dienone is 1. The Morgan fingerprint density at radius 2 is 1.94 bits per heavy atom. The molecule has 8 heteroatoms. The van der Waals surface area contributed by atoms with Crippen LogP contribution in [0.5, 0.6) is 0 Å². The first-order valence-corrected chi connectivity index (χ1v) is 12.2. The zero-order valence-corrected chi connectivity index (χ0v) is 20.9. The van der Waals surface area contributed by atoms with Crippen molar-refractivity contribution in [2.24, 2.45) is 0 Å². The minimum atomic E-state index is -0.415. The van der Waals surface area contributed by atoms with E-state index in [0.717, 1.165) is 21.5 Å². The summed E-state index contributed by atoms with van der Waals surface area (Å²) in [6.07, 6.45) is 0. The molecule has 2 aromatic carbocycles. The van der Waals surface area contributed by atoms with Crippen LogP contribution in [0.3, 0.4) is 0 Å². The first kappa shape index (κ1) is 22.6. The fourth-order valence-corrected chi connectivity index (χ4v) is 4.94. The molecule has 0 fully saturated rings. The van der Waals surface area contributed by atoms with Crippen LogP contribution in [-0.2, 0) is 15.3 Å². The summed E-state index contributed by atoms with van der Waals surface area (Å²) in [4.78, 5) is 17.6. The van der Waals surface area contributed by atoms with E-state index in [4.69, 9.17) is 14.8 Å². The minimum Gasteiger partial charge on any atom is -0.463 e. The van der Waals surface area contributed by atoms with Gasteiger partial charge in [0.25, 0.3) is 0 Å². The normalized spacial score (nSPS) is 15.3. The van der Waals surface area contributed by atoms with E-state index >= 15 is 0 Å². The zero-order chi connectivity index (χ0) is 22.8. The van der Waals surface area contributed by atoms with Crippen LogP contribution < -0.4 is 5.32 Å². The molecule has 0 aliphatic carbocycles. The molecule has 0 unspecified atom stereocenters. The second-order valence-corrected chi connectivity index (χ2v) is 9.58. The van der Waals surface area contributed by atoms with Gasteiger partial charge in [-0.05, 0) is 56.5 Å². The largest absolute Gasteiger partial charge is 0.463 e. The monoisotopic (exact) mass is 512 g/mol. The number of nitrogens with one attached hydrogen (secondary N) is 1. The van der Waals surface area contributed by atoms with Crippen LogP contribution >= 0.6 is 27.7 Å². The topological polar surface area (TPSA) is 69.0 Å². The highest BCUT2D eigenvalue weighted by Gasteiger charge is 2.35. The molecule has 1 N–H and O–H groups in total. The number of nitrogens with zero attached hydrogens (tertiary/aromatic N) is 3. The maximum Gasteiger partial charge on any atom is 0.338 e. The molecule has 0 bridgehead atoms. The van der Waals surface area contributed by atoms with Gasteiger partial charge in [0.05, 0.1) is 12.2 Å². The molecule has 1 aliphatic heterocycles. The third-order valence-electron chi connectivity index (χ3n) is 5.37. The summed E-state index contributed by atoms with van der Waals surface area (Å²) in [6.45, 7) is 8.21. The first-order chi connectivity index (χ1) is 15.4. The Hall–Kier alpha value is -2.58. The predicted octanol–water partition coefficient (Wildman–Crippen LogP) is 5.80. The van der Waals surface area contributed by atoms with Gasteiger partial charge in [0.2, 0.25) is 11.1 Å². The summed E-state index contributed by atoms with van der Waals surface area (Å²) in [6, 6.07) is 13.9. The molecule has 0 saturated heterocycles. The van der Waals surface area contributed by atoms with Crippen molar-refractivity contribution in [3.8, 4) is 0 Å². The fraction of sp³-hybridized carbons (Fsp3) is 0.292. The molecule has 0 spiro atoms. The lowest BCUT2D eigenvalue weighted by Gasteiger charge is -2.28. The van der Waals surface area contributed by atoms with Crippen molar-refractivity contribution in [1.29, 1.82) is 0 Å². The van der Waals surface area contributed by atoms with E-state index in [1.165, 1.54) is 16.7 Å². The van der Waals surface area contributed by atoms with Gasteiger partial charge in [0.1, 0.15) is 6.04 Å². The molecule has 0 amide bonds. The minimum absolute atomic E-state index is 0.309. The molecule has 6 nitrogen and oxygen atoms in total. The highest BCUT2D eigenvalue weighted by atomic mass is 79.9. The third-order valence-corrected chi connectivity index (χ3v) is 6.78. The summed E-state index contributed by atoms with van der Waals surface area (Å²) in [5.41, 5.74) is 5.97. The molecule has 4 rings (SSSR count). The predicted molar refractivity (Wildman–Crippen MR) is 131 cm³/mol. The van der Waals surface area contributed by atoms with Crippen molar-refractivity contribution in [3.05, 3.63) is 80.5 Å². The summed E-state index contributed by atoms with van der Waals surface area (Å²) in [5.74, 6) is 1.04. The van der Waals surface area contributed by atoms with Crippen LogP contribution in [-0.4, -0.2) is 27.3 Å². The molecule has 3 aromatic rings. The van der Waals surface area contributed by atoms with Crippen molar-refractivity contribution in [1.82, 2.24) is 14.8 Å². The van der Waals surface area contributed by atoms with Gasteiger partial charge in [-0.25, -0.2) is 9.48 Å². The number of benzene rings is 2. The number of aryl methyl sites for hydroxylation is 2. The maximum absolute atomic E-state index is 12.9. The molecule has 0 saturated carbocycles. The van der Waals surface area contributed by atoms with Crippen molar-refractivity contribution < 1.29 is 9.53 Å². The standard InChI is InChI=1S/C24H25BrN4O2S/c1-5-31-22(30)20-16(4)26-23-27-24(32-13-18-7-6-14(2)12-15(18)3)28-29(23)21(20)17-8-10-19(25)11-9-17/h6-12,21H,5,13H2,1-4H3,(H,26,27,28)/t21-/m0/s1. The molecule has 2 heterocycles. The quantitative estimate of drug-likeness (QED) is 0.332. The highest BCUT2D eigenvalue weighted by Crippen LogP contribution is 2.37. The Morgan fingerprint density at radius 3 is 2.62 bits per heavy atom. The highest BCUT2D eigenvalue weighted by molar-refractivity contribution is 9.10. The number of carbonyl (C=O) groups excluding carboxylic acids is 1. The van der Waals surface area contributed by atoms with E-state index in [9.17, 15) is 4.79 Å². The zero-order valence-electron chi connectivity index (χ0n) is 18.5. The van der Waals surface area contributed by atoms with E-state index in [2.05, 4.69) is 53.3 Å². The van der Waals surface area contributed by atoms with Crippen molar-refractivity contribution in [2.45, 2.75) is 44.6 Å². The number of halogens is 1. The summed E-state index contributed by atoms with van der Waals surface area (Å²) >= 11 is 5.07. The average Bonchev–Trinajstić information content (AvgIpc) is 3.15. The molecule has 0 radical (unpaired) electrons. The molecular formula is C24H25BrN4O2S. The van der Waals surface area contributed by atoms with E-state index in [-0.39, 0.29) is 5.97 Å². The van der Waals surface area contributed by atoms with Gasteiger partial charge in [-0.15, -0.1) is 5.10 Å². The van der Waals surface area contributed by atoms with Crippen LogP contribution in [0.2, 0.25) is 0 Å². The van der Waals surface area contributed by atoms with Crippen LogP contribution in [0, 0.1) is 13.8 Å². The summed E-state index contributed by atoms with van der Waals surface area (Å²) in [7, 11) is 0. The number of fused-ring (bicyclic) bond motifs is 1.